The summed E-state index contributed by atoms with van der Waals surface area (Å²) >= 11 is 0. The summed E-state index contributed by atoms with van der Waals surface area (Å²) in [7, 11) is 0. The molecular weight excluding hydrogens is 188 g/mol. The van der Waals surface area contributed by atoms with Crippen molar-refractivity contribution in [3.8, 4) is 0 Å². The lowest BCUT2D eigenvalue weighted by Crippen LogP contribution is -2.20. The summed E-state index contributed by atoms with van der Waals surface area (Å²) in [5, 5.41) is 8.37. The van der Waals surface area contributed by atoms with E-state index in [1.807, 2.05) is 6.92 Å². The van der Waals surface area contributed by atoms with Gasteiger partial charge in [0.2, 0.25) is 5.78 Å². The Balaban J connectivity index is 3.39. The fourth-order valence-electron chi connectivity index (χ4n) is 0.724. The third kappa shape index (κ3) is 6.56. The second-order valence-corrected chi connectivity index (χ2v) is 2.65. The van der Waals surface area contributed by atoms with E-state index in [1.54, 1.807) is 0 Å². The van der Waals surface area contributed by atoms with E-state index in [0.717, 1.165) is 6.42 Å². The molecule has 5 heteroatoms. The van der Waals surface area contributed by atoms with Crippen LogP contribution in [0.2, 0.25) is 0 Å². The van der Waals surface area contributed by atoms with Gasteiger partial charge in [0, 0.05) is 13.0 Å². The molecule has 0 bridgehead atoms. The molecule has 0 aromatic carbocycles. The molecule has 0 aliphatic heterocycles. The average Bonchev–Trinajstić information content (AvgIpc) is 2.17. The van der Waals surface area contributed by atoms with Crippen molar-refractivity contribution in [2.75, 3.05) is 26.4 Å². The summed E-state index contributed by atoms with van der Waals surface area (Å²) in [4.78, 5) is 21.6. The van der Waals surface area contributed by atoms with E-state index < -0.39 is 11.8 Å². The molecule has 0 spiro atoms. The Kier molecular flexibility index (Phi) is 8.07. The lowest BCUT2D eigenvalue weighted by atomic mass is 10.3. The van der Waals surface area contributed by atoms with Gasteiger partial charge in [-0.1, -0.05) is 6.92 Å². The minimum atomic E-state index is -0.904. The van der Waals surface area contributed by atoms with E-state index in [0.29, 0.717) is 13.2 Å². The Morgan fingerprint density at radius 3 is 2.50 bits per heavy atom. The van der Waals surface area contributed by atoms with Gasteiger partial charge in [0.1, 0.15) is 6.61 Å². The first-order chi connectivity index (χ1) is 6.72. The number of hydrogen-bond acceptors (Lipinski definition) is 5. The maximum absolute atomic E-state index is 10.8. The van der Waals surface area contributed by atoms with Crippen LogP contribution < -0.4 is 0 Å². The largest absolute Gasteiger partial charge is 0.458 e. The zero-order valence-electron chi connectivity index (χ0n) is 8.32. The number of rotatable bonds is 8. The van der Waals surface area contributed by atoms with Gasteiger partial charge >= 0.3 is 5.97 Å². The quantitative estimate of drug-likeness (QED) is 0.340. The fourth-order valence-corrected chi connectivity index (χ4v) is 0.724. The van der Waals surface area contributed by atoms with Crippen LogP contribution in [0.25, 0.3) is 0 Å². The minimum Gasteiger partial charge on any atom is -0.458 e. The second kappa shape index (κ2) is 8.65. The summed E-state index contributed by atoms with van der Waals surface area (Å²) in [6.45, 7) is 2.63. The lowest BCUT2D eigenvalue weighted by Gasteiger charge is -2.03. The van der Waals surface area contributed by atoms with Crippen LogP contribution >= 0.6 is 0 Å². The van der Waals surface area contributed by atoms with Crippen molar-refractivity contribution in [3.63, 3.8) is 0 Å². The molecule has 0 saturated heterocycles. The van der Waals surface area contributed by atoms with Crippen LogP contribution in [0.5, 0.6) is 0 Å². The van der Waals surface area contributed by atoms with Crippen molar-refractivity contribution < 1.29 is 24.2 Å². The maximum atomic E-state index is 10.8. The number of carbonyl (C=O) groups excluding carboxylic acids is 2. The number of esters is 1. The highest BCUT2D eigenvalue weighted by atomic mass is 16.6. The molecule has 0 radical (unpaired) electrons. The first kappa shape index (κ1) is 13.1. The Hall–Kier alpha value is -0.940. The molecule has 0 aliphatic rings. The van der Waals surface area contributed by atoms with Crippen LogP contribution in [0.1, 0.15) is 19.8 Å². The van der Waals surface area contributed by atoms with Gasteiger partial charge in [-0.3, -0.25) is 4.79 Å². The second-order valence-electron chi connectivity index (χ2n) is 2.65. The average molecular weight is 204 g/mol. The molecular formula is C9H16O5. The molecule has 0 rings (SSSR count). The minimum absolute atomic E-state index is 0.0794. The molecule has 0 saturated carbocycles. The monoisotopic (exact) mass is 204 g/mol. The van der Waals surface area contributed by atoms with Gasteiger partial charge in [0.25, 0.3) is 0 Å². The van der Waals surface area contributed by atoms with Gasteiger partial charge < -0.3 is 14.6 Å². The van der Waals surface area contributed by atoms with E-state index in [4.69, 9.17) is 9.84 Å². The number of Topliss-reactive ketones (excluding diaryl/α,β-unsaturated/α-hetero) is 1. The SMILES string of the molecule is CCCOCCOC(=O)C(=O)CCO. The van der Waals surface area contributed by atoms with Crippen LogP contribution in [0, 0.1) is 0 Å². The molecule has 0 aromatic heterocycles. The smallest absolute Gasteiger partial charge is 0.374 e. The zero-order valence-corrected chi connectivity index (χ0v) is 8.32. The highest BCUT2D eigenvalue weighted by Crippen LogP contribution is 1.88. The van der Waals surface area contributed by atoms with Crippen LogP contribution in [0.3, 0.4) is 0 Å². The highest BCUT2D eigenvalue weighted by molar-refractivity contribution is 6.33. The molecule has 0 fully saturated rings. The van der Waals surface area contributed by atoms with E-state index >= 15 is 0 Å². The molecule has 82 valence electrons. The van der Waals surface area contributed by atoms with Crippen molar-refractivity contribution in [1.82, 2.24) is 0 Å². The van der Waals surface area contributed by atoms with Crippen LogP contribution in [0.15, 0.2) is 0 Å². The first-order valence-electron chi connectivity index (χ1n) is 4.61. The van der Waals surface area contributed by atoms with Crippen molar-refractivity contribution >= 4 is 11.8 Å². The first-order valence-corrected chi connectivity index (χ1v) is 4.61. The van der Waals surface area contributed by atoms with Crippen molar-refractivity contribution in [1.29, 1.82) is 0 Å². The molecule has 1 N–H and O–H groups in total. The van der Waals surface area contributed by atoms with Crippen molar-refractivity contribution in [3.05, 3.63) is 0 Å². The molecule has 0 atom stereocenters. The molecule has 0 aromatic rings. The number of ether oxygens (including phenoxy) is 2. The van der Waals surface area contributed by atoms with E-state index in [2.05, 4.69) is 4.74 Å². The number of ketones is 1. The standard InChI is InChI=1S/C9H16O5/c1-2-5-13-6-7-14-9(12)8(11)3-4-10/h10H,2-7H2,1H3. The third-order valence-electron chi connectivity index (χ3n) is 1.38. The van der Waals surface area contributed by atoms with Crippen molar-refractivity contribution in [2.24, 2.45) is 0 Å². The molecule has 5 nitrogen and oxygen atoms in total. The Labute approximate surface area is 83.0 Å². The lowest BCUT2D eigenvalue weighted by molar-refractivity contribution is -0.155. The highest BCUT2D eigenvalue weighted by Gasteiger charge is 2.13. The number of aliphatic hydroxyl groups excluding tert-OH is 1. The summed E-state index contributed by atoms with van der Waals surface area (Å²) in [6, 6.07) is 0. The summed E-state index contributed by atoms with van der Waals surface area (Å²) in [5.41, 5.74) is 0. The molecule has 14 heavy (non-hydrogen) atoms. The van der Waals surface area contributed by atoms with Gasteiger partial charge in [0.15, 0.2) is 0 Å². The number of aliphatic hydroxyl groups is 1. The molecule has 0 unspecified atom stereocenters. The predicted octanol–water partition coefficient (Wildman–Crippen LogP) is -0.0923. The van der Waals surface area contributed by atoms with E-state index in [-0.39, 0.29) is 19.6 Å². The number of hydrogen-bond donors (Lipinski definition) is 1. The van der Waals surface area contributed by atoms with Gasteiger partial charge in [0.05, 0.1) is 13.2 Å². The molecule has 0 aliphatic carbocycles. The van der Waals surface area contributed by atoms with Crippen LogP contribution in [-0.4, -0.2) is 43.3 Å². The van der Waals surface area contributed by atoms with Gasteiger partial charge in [-0.05, 0) is 6.42 Å². The van der Waals surface area contributed by atoms with Gasteiger partial charge in [-0.25, -0.2) is 4.79 Å². The van der Waals surface area contributed by atoms with E-state index in [9.17, 15) is 9.59 Å². The summed E-state index contributed by atoms with van der Waals surface area (Å²) in [5.74, 6) is -1.61. The normalized spacial score (nSPS) is 9.86. The molecule has 0 heterocycles. The number of carbonyl (C=O) groups is 2. The van der Waals surface area contributed by atoms with Crippen LogP contribution in [0.4, 0.5) is 0 Å². The predicted molar refractivity (Wildman–Crippen MR) is 48.8 cm³/mol. The topological polar surface area (TPSA) is 72.8 Å². The fraction of sp³-hybridized carbons (Fsp3) is 0.778. The third-order valence-corrected chi connectivity index (χ3v) is 1.38. The van der Waals surface area contributed by atoms with Gasteiger partial charge in [-0.2, -0.15) is 0 Å². The van der Waals surface area contributed by atoms with Crippen molar-refractivity contribution in [2.45, 2.75) is 19.8 Å². The Morgan fingerprint density at radius 2 is 1.93 bits per heavy atom. The van der Waals surface area contributed by atoms with Crippen LogP contribution in [-0.2, 0) is 19.1 Å². The maximum Gasteiger partial charge on any atom is 0.374 e. The summed E-state index contributed by atoms with van der Waals surface area (Å²) in [6.07, 6.45) is 0.714. The van der Waals surface area contributed by atoms with E-state index in [1.165, 1.54) is 0 Å². The summed E-state index contributed by atoms with van der Waals surface area (Å²) < 4.78 is 9.61. The Morgan fingerprint density at radius 1 is 1.21 bits per heavy atom. The molecule has 0 amide bonds. The Bertz CT molecular complexity index is 178. The zero-order chi connectivity index (χ0) is 10.8. The van der Waals surface area contributed by atoms with Gasteiger partial charge in [-0.15, -0.1) is 0 Å².